The van der Waals surface area contributed by atoms with E-state index in [1.165, 1.54) is 33.4 Å². The first kappa shape index (κ1) is 21.8. The van der Waals surface area contributed by atoms with Crippen molar-refractivity contribution in [3.63, 3.8) is 0 Å². The third kappa shape index (κ3) is 3.59. The van der Waals surface area contributed by atoms with Gasteiger partial charge in [0.15, 0.2) is 0 Å². The van der Waals surface area contributed by atoms with Crippen LogP contribution in [0.3, 0.4) is 0 Å². The molecule has 29 heavy (non-hydrogen) atoms. The Labute approximate surface area is 180 Å². The van der Waals surface area contributed by atoms with Gasteiger partial charge in [-0.3, -0.25) is 0 Å². The van der Waals surface area contributed by atoms with Crippen LogP contribution in [-0.4, -0.2) is 8.80 Å². The van der Waals surface area contributed by atoms with E-state index in [4.69, 9.17) is 0 Å². The van der Waals surface area contributed by atoms with Crippen LogP contribution in [0.25, 0.3) is 0 Å². The molecule has 0 aliphatic heterocycles. The Morgan fingerprint density at radius 3 is 1.69 bits per heavy atom. The van der Waals surface area contributed by atoms with Crippen molar-refractivity contribution in [1.82, 2.24) is 0 Å². The van der Waals surface area contributed by atoms with Crippen LogP contribution < -0.4 is 10.4 Å². The summed E-state index contributed by atoms with van der Waals surface area (Å²) in [5, 5.41) is 3.36. The third-order valence-electron chi connectivity index (χ3n) is 7.78. The van der Waals surface area contributed by atoms with Gasteiger partial charge in [0.05, 0.1) is 0 Å². The summed E-state index contributed by atoms with van der Waals surface area (Å²) in [6.45, 7) is 21.1. The van der Waals surface area contributed by atoms with E-state index in [2.05, 4.69) is 98.7 Å². The Morgan fingerprint density at radius 2 is 1.24 bits per heavy atom. The molecule has 2 aromatic carbocycles. The van der Waals surface area contributed by atoms with E-state index in [1.807, 2.05) is 0 Å². The van der Waals surface area contributed by atoms with Crippen LogP contribution in [0.2, 0.25) is 5.04 Å². The van der Waals surface area contributed by atoms with Gasteiger partial charge in [0.1, 0.15) is 8.80 Å². The first-order valence-electron chi connectivity index (χ1n) is 11.2. The zero-order valence-corrected chi connectivity index (χ0v) is 21.1. The molecule has 1 aliphatic rings. The normalized spacial score (nSPS) is 17.3. The van der Waals surface area contributed by atoms with Crippen molar-refractivity contribution in [2.24, 2.45) is 0 Å². The molecule has 0 saturated heterocycles. The lowest BCUT2D eigenvalue weighted by atomic mass is 9.98. The number of rotatable bonds is 5. The maximum atomic E-state index is 2.54. The zero-order valence-electron chi connectivity index (χ0n) is 20.0. The molecule has 1 atom stereocenters. The van der Waals surface area contributed by atoms with Crippen LogP contribution in [0.1, 0.15) is 70.7 Å². The topological polar surface area (TPSA) is 0 Å². The van der Waals surface area contributed by atoms with Gasteiger partial charge in [-0.05, 0) is 76.7 Å². The minimum atomic E-state index is -1.57. The predicted molar refractivity (Wildman–Crippen MR) is 133 cm³/mol. The summed E-state index contributed by atoms with van der Waals surface area (Å²) in [6.07, 6.45) is 2.21. The van der Waals surface area contributed by atoms with Gasteiger partial charge < -0.3 is 0 Å². The number of hydrogen-bond acceptors (Lipinski definition) is 0. The zero-order chi connectivity index (χ0) is 21.5. The first-order valence-corrected chi connectivity index (χ1v) is 12.9. The fraction of sp³-hybridized carbons (Fsp3) is 0.429. The number of benzene rings is 2. The summed E-state index contributed by atoms with van der Waals surface area (Å²) in [5.41, 5.74) is 12.0. The van der Waals surface area contributed by atoms with Gasteiger partial charge >= 0.3 is 0 Å². The number of hydrogen-bond donors (Lipinski definition) is 0. The van der Waals surface area contributed by atoms with E-state index < -0.39 is 8.80 Å². The molecular formula is C28H38Si. The van der Waals surface area contributed by atoms with Crippen LogP contribution in [0, 0.1) is 13.8 Å². The molecule has 0 radical (unpaired) electrons. The molecule has 0 amide bonds. The van der Waals surface area contributed by atoms with Crippen molar-refractivity contribution < 1.29 is 0 Å². The lowest BCUT2D eigenvalue weighted by Gasteiger charge is -2.39. The molecule has 1 unspecified atom stereocenters. The molecule has 1 aliphatic carbocycles. The highest BCUT2D eigenvalue weighted by Crippen LogP contribution is 2.54. The van der Waals surface area contributed by atoms with E-state index in [1.54, 1.807) is 21.5 Å². The van der Waals surface area contributed by atoms with Crippen molar-refractivity contribution in [2.75, 3.05) is 0 Å². The minimum Gasteiger partial charge on any atom is -0.0624 e. The highest BCUT2D eigenvalue weighted by molar-refractivity contribution is 6.89. The first-order chi connectivity index (χ1) is 13.6. The molecule has 0 nitrogen and oxygen atoms in total. The molecule has 0 fully saturated rings. The monoisotopic (exact) mass is 402 g/mol. The van der Waals surface area contributed by atoms with Crippen molar-refractivity contribution >= 4 is 19.2 Å². The Hall–Kier alpha value is -1.86. The van der Waals surface area contributed by atoms with Gasteiger partial charge in [0.25, 0.3) is 0 Å². The smallest absolute Gasteiger partial charge is 0.0624 e. The summed E-state index contributed by atoms with van der Waals surface area (Å²) in [6, 6.07) is 14.6. The number of aryl methyl sites for hydroxylation is 4. The molecular weight excluding hydrogens is 364 g/mol. The van der Waals surface area contributed by atoms with E-state index in [0.29, 0.717) is 0 Å². The molecule has 0 N–H and O–H groups in total. The maximum absolute atomic E-state index is 2.54. The van der Waals surface area contributed by atoms with E-state index in [-0.39, 0.29) is 5.04 Å². The van der Waals surface area contributed by atoms with Crippen LogP contribution in [0.5, 0.6) is 0 Å². The van der Waals surface area contributed by atoms with Crippen molar-refractivity contribution in [2.45, 2.75) is 80.2 Å². The fourth-order valence-corrected chi connectivity index (χ4v) is 9.93. The highest BCUT2D eigenvalue weighted by Gasteiger charge is 2.45. The quantitative estimate of drug-likeness (QED) is 0.521. The molecule has 0 bridgehead atoms. The molecule has 0 heterocycles. The molecule has 0 saturated carbocycles. The standard InChI is InChI=1S/C28H38Si/c1-10-24-15-25(11-2)17-26(16-24)29(27-13-12-18(3)14-19(27)4)28(9)22(7)20(5)21(6)23(28)8/h12-17,29H,10-11H2,1-9H3. The van der Waals surface area contributed by atoms with Crippen molar-refractivity contribution in [1.29, 1.82) is 0 Å². The summed E-state index contributed by atoms with van der Waals surface area (Å²) in [7, 11) is -1.57. The highest BCUT2D eigenvalue weighted by atomic mass is 28.3. The summed E-state index contributed by atoms with van der Waals surface area (Å²) >= 11 is 0. The second kappa shape index (κ2) is 8.11. The maximum Gasteiger partial charge on any atom is 0.117 e. The van der Waals surface area contributed by atoms with Crippen molar-refractivity contribution in [3.8, 4) is 0 Å². The molecule has 0 aromatic heterocycles. The molecule has 1 heteroatoms. The lowest BCUT2D eigenvalue weighted by molar-refractivity contribution is 0.824. The fourth-order valence-electron chi connectivity index (χ4n) is 5.40. The third-order valence-corrected chi connectivity index (χ3v) is 12.1. The minimum absolute atomic E-state index is 0.144. The lowest BCUT2D eigenvalue weighted by Crippen LogP contribution is -2.52. The summed E-state index contributed by atoms with van der Waals surface area (Å²) < 4.78 is 0. The SMILES string of the molecule is CCc1cc(CC)cc([SiH](c2ccc(C)cc2C)C2(C)C(C)=C(C)C(C)=C2C)c1. The van der Waals surface area contributed by atoms with Gasteiger partial charge in [-0.1, -0.05) is 89.8 Å². The summed E-state index contributed by atoms with van der Waals surface area (Å²) in [5.74, 6) is 0. The van der Waals surface area contributed by atoms with Crippen LogP contribution in [0.4, 0.5) is 0 Å². The van der Waals surface area contributed by atoms with Crippen LogP contribution in [0.15, 0.2) is 58.7 Å². The van der Waals surface area contributed by atoms with E-state index in [9.17, 15) is 0 Å². The summed E-state index contributed by atoms with van der Waals surface area (Å²) in [4.78, 5) is 0. The Balaban J connectivity index is 2.36. The predicted octanol–water partition coefficient (Wildman–Crippen LogP) is 6.22. The second-order valence-corrected chi connectivity index (χ2v) is 12.6. The molecule has 2 aromatic rings. The van der Waals surface area contributed by atoms with E-state index in [0.717, 1.165) is 12.8 Å². The van der Waals surface area contributed by atoms with Crippen molar-refractivity contribution in [3.05, 3.63) is 80.9 Å². The molecule has 3 rings (SSSR count). The molecule has 0 spiro atoms. The van der Waals surface area contributed by atoms with Gasteiger partial charge in [0, 0.05) is 5.04 Å². The van der Waals surface area contributed by atoms with Crippen LogP contribution >= 0.6 is 0 Å². The van der Waals surface area contributed by atoms with Crippen LogP contribution in [-0.2, 0) is 12.8 Å². The Bertz CT molecular complexity index is 957. The number of allylic oxidation sites excluding steroid dienone is 4. The average Bonchev–Trinajstić information content (AvgIpc) is 2.85. The van der Waals surface area contributed by atoms with Gasteiger partial charge in [-0.15, -0.1) is 0 Å². The van der Waals surface area contributed by atoms with Gasteiger partial charge in [-0.25, -0.2) is 0 Å². The average molecular weight is 403 g/mol. The Kier molecular flexibility index (Phi) is 6.10. The van der Waals surface area contributed by atoms with Gasteiger partial charge in [0.2, 0.25) is 0 Å². The Morgan fingerprint density at radius 1 is 0.724 bits per heavy atom. The largest absolute Gasteiger partial charge is 0.117 e. The second-order valence-electron chi connectivity index (χ2n) is 9.29. The van der Waals surface area contributed by atoms with E-state index >= 15 is 0 Å². The molecule has 154 valence electrons. The van der Waals surface area contributed by atoms with Gasteiger partial charge in [-0.2, -0.15) is 0 Å².